The van der Waals surface area contributed by atoms with Crippen LogP contribution in [0.25, 0.3) is 21.8 Å². The third-order valence-electron chi connectivity index (χ3n) is 4.33. The van der Waals surface area contributed by atoms with Crippen LogP contribution in [0.15, 0.2) is 42.5 Å². The van der Waals surface area contributed by atoms with Gasteiger partial charge < -0.3 is 15.4 Å². The standard InChI is InChI=1S/C18H22N2O/c1-3-17(21)18(19)12-9-10-16-14(11-12)13-7-5-6-8-15(13)20(16)4-2/h5-11,17-18,21H,3-4,19H2,1-2H3/t17-,18+/m0/s1. The lowest BCUT2D eigenvalue weighted by Crippen LogP contribution is -2.25. The molecular formula is C18H22N2O. The number of aromatic nitrogens is 1. The molecule has 0 radical (unpaired) electrons. The van der Waals surface area contributed by atoms with Crippen molar-refractivity contribution in [2.24, 2.45) is 5.73 Å². The monoisotopic (exact) mass is 282 g/mol. The number of aliphatic hydroxyl groups is 1. The van der Waals surface area contributed by atoms with E-state index in [4.69, 9.17) is 5.73 Å². The fourth-order valence-electron chi connectivity index (χ4n) is 3.10. The first-order valence-corrected chi connectivity index (χ1v) is 7.61. The number of rotatable bonds is 4. The van der Waals surface area contributed by atoms with Crippen LogP contribution in [0.2, 0.25) is 0 Å². The predicted molar refractivity (Wildman–Crippen MR) is 88.3 cm³/mol. The Labute approximate surface area is 125 Å². The van der Waals surface area contributed by atoms with Crippen LogP contribution in [-0.2, 0) is 6.54 Å². The average molecular weight is 282 g/mol. The number of aliphatic hydroxyl groups excluding tert-OH is 1. The van der Waals surface area contributed by atoms with E-state index in [2.05, 4.69) is 47.9 Å². The third kappa shape index (κ3) is 2.23. The van der Waals surface area contributed by atoms with E-state index in [0.29, 0.717) is 6.42 Å². The Kier molecular flexibility index (Phi) is 3.70. The van der Waals surface area contributed by atoms with E-state index in [0.717, 1.165) is 12.1 Å². The highest BCUT2D eigenvalue weighted by Crippen LogP contribution is 2.31. The van der Waals surface area contributed by atoms with Gasteiger partial charge >= 0.3 is 0 Å². The molecule has 0 saturated carbocycles. The van der Waals surface area contributed by atoms with Crippen molar-refractivity contribution in [2.75, 3.05) is 0 Å². The van der Waals surface area contributed by atoms with E-state index < -0.39 is 6.10 Å². The first-order chi connectivity index (χ1) is 10.2. The van der Waals surface area contributed by atoms with Gasteiger partial charge in [0.05, 0.1) is 12.1 Å². The molecule has 3 N–H and O–H groups in total. The molecule has 0 fully saturated rings. The molecule has 3 heteroatoms. The molecule has 0 aliphatic carbocycles. The van der Waals surface area contributed by atoms with Crippen LogP contribution < -0.4 is 5.73 Å². The minimum Gasteiger partial charge on any atom is -0.391 e. The Morgan fingerprint density at radius 1 is 1.05 bits per heavy atom. The maximum atomic E-state index is 9.99. The Hall–Kier alpha value is -1.84. The van der Waals surface area contributed by atoms with Crippen molar-refractivity contribution in [2.45, 2.75) is 39.0 Å². The van der Waals surface area contributed by atoms with E-state index in [9.17, 15) is 5.11 Å². The summed E-state index contributed by atoms with van der Waals surface area (Å²) < 4.78 is 2.32. The number of nitrogens with zero attached hydrogens (tertiary/aromatic N) is 1. The molecule has 1 aromatic heterocycles. The van der Waals surface area contributed by atoms with Crippen molar-refractivity contribution >= 4 is 21.8 Å². The summed E-state index contributed by atoms with van der Waals surface area (Å²) in [5.41, 5.74) is 9.63. The summed E-state index contributed by atoms with van der Waals surface area (Å²) in [5, 5.41) is 12.4. The first kappa shape index (κ1) is 14.1. The van der Waals surface area contributed by atoms with Crippen LogP contribution in [0.3, 0.4) is 0 Å². The molecule has 1 heterocycles. The fraction of sp³-hybridized carbons (Fsp3) is 0.333. The zero-order valence-electron chi connectivity index (χ0n) is 12.6. The highest BCUT2D eigenvalue weighted by Gasteiger charge is 2.17. The van der Waals surface area contributed by atoms with Gasteiger partial charge in [0.25, 0.3) is 0 Å². The molecule has 3 nitrogen and oxygen atoms in total. The van der Waals surface area contributed by atoms with Gasteiger partial charge in [-0.3, -0.25) is 0 Å². The van der Waals surface area contributed by atoms with Crippen molar-refractivity contribution in [3.05, 3.63) is 48.0 Å². The number of para-hydroxylation sites is 1. The van der Waals surface area contributed by atoms with E-state index in [1.807, 2.05) is 13.0 Å². The SMILES string of the molecule is CC[C@H](O)[C@H](N)c1ccc2c(c1)c1ccccc1n2CC. The third-order valence-corrected chi connectivity index (χ3v) is 4.33. The zero-order valence-corrected chi connectivity index (χ0v) is 12.6. The lowest BCUT2D eigenvalue weighted by atomic mass is 9.98. The Morgan fingerprint density at radius 2 is 1.76 bits per heavy atom. The van der Waals surface area contributed by atoms with Gasteiger partial charge in [0.15, 0.2) is 0 Å². The fourth-order valence-corrected chi connectivity index (χ4v) is 3.10. The van der Waals surface area contributed by atoms with Gasteiger partial charge in [-0.25, -0.2) is 0 Å². The molecule has 0 saturated heterocycles. The minimum atomic E-state index is -0.498. The average Bonchev–Trinajstić information content (AvgIpc) is 2.86. The number of benzene rings is 2. The van der Waals surface area contributed by atoms with Gasteiger partial charge in [-0.2, -0.15) is 0 Å². The molecule has 3 aromatic rings. The minimum absolute atomic E-state index is 0.330. The number of fused-ring (bicyclic) bond motifs is 3. The van der Waals surface area contributed by atoms with Crippen LogP contribution in [0, 0.1) is 0 Å². The van der Waals surface area contributed by atoms with Crippen molar-refractivity contribution in [3.63, 3.8) is 0 Å². The van der Waals surface area contributed by atoms with Gasteiger partial charge in [0, 0.05) is 28.4 Å². The Morgan fingerprint density at radius 3 is 2.48 bits per heavy atom. The first-order valence-electron chi connectivity index (χ1n) is 7.61. The number of hydrogen-bond donors (Lipinski definition) is 2. The lowest BCUT2D eigenvalue weighted by Gasteiger charge is -2.17. The quantitative estimate of drug-likeness (QED) is 0.768. The highest BCUT2D eigenvalue weighted by molar-refractivity contribution is 6.08. The molecule has 110 valence electrons. The summed E-state index contributed by atoms with van der Waals surface area (Å²) in [6.45, 7) is 5.05. The normalized spacial score (nSPS) is 14.7. The topological polar surface area (TPSA) is 51.2 Å². The second kappa shape index (κ2) is 5.51. The summed E-state index contributed by atoms with van der Waals surface area (Å²) >= 11 is 0. The Bertz CT molecular complexity index is 775. The molecule has 0 aliphatic rings. The van der Waals surface area contributed by atoms with Gasteiger partial charge in [0.2, 0.25) is 0 Å². The summed E-state index contributed by atoms with van der Waals surface area (Å²) in [6, 6.07) is 14.4. The second-order valence-electron chi connectivity index (χ2n) is 5.54. The summed E-state index contributed by atoms with van der Waals surface area (Å²) in [5.74, 6) is 0. The molecule has 2 aromatic carbocycles. The maximum Gasteiger partial charge on any atom is 0.0730 e. The predicted octanol–water partition coefficient (Wildman–Crippen LogP) is 3.59. The van der Waals surface area contributed by atoms with Crippen LogP contribution in [-0.4, -0.2) is 15.8 Å². The zero-order chi connectivity index (χ0) is 15.0. The molecule has 0 aliphatic heterocycles. The summed E-state index contributed by atoms with van der Waals surface area (Å²) in [4.78, 5) is 0. The van der Waals surface area contributed by atoms with Crippen LogP contribution in [0.1, 0.15) is 31.9 Å². The van der Waals surface area contributed by atoms with Crippen LogP contribution >= 0.6 is 0 Å². The highest BCUT2D eigenvalue weighted by atomic mass is 16.3. The van der Waals surface area contributed by atoms with Gasteiger partial charge in [0.1, 0.15) is 0 Å². The van der Waals surface area contributed by atoms with Gasteiger partial charge in [-0.05, 0) is 37.1 Å². The van der Waals surface area contributed by atoms with E-state index >= 15 is 0 Å². The van der Waals surface area contributed by atoms with Crippen molar-refractivity contribution < 1.29 is 5.11 Å². The van der Waals surface area contributed by atoms with Gasteiger partial charge in [-0.15, -0.1) is 0 Å². The van der Waals surface area contributed by atoms with E-state index in [1.165, 1.54) is 21.8 Å². The molecule has 2 atom stereocenters. The molecule has 0 amide bonds. The molecular weight excluding hydrogens is 260 g/mol. The van der Waals surface area contributed by atoms with Crippen LogP contribution in [0.5, 0.6) is 0 Å². The number of nitrogens with two attached hydrogens (primary N) is 1. The summed E-state index contributed by atoms with van der Waals surface area (Å²) in [7, 11) is 0. The van der Waals surface area contributed by atoms with E-state index in [1.54, 1.807) is 0 Å². The molecule has 3 rings (SSSR count). The number of aryl methyl sites for hydroxylation is 1. The molecule has 0 bridgehead atoms. The lowest BCUT2D eigenvalue weighted by molar-refractivity contribution is 0.141. The van der Waals surface area contributed by atoms with Crippen LogP contribution in [0.4, 0.5) is 0 Å². The molecule has 21 heavy (non-hydrogen) atoms. The Balaban J connectivity index is 2.24. The largest absolute Gasteiger partial charge is 0.391 e. The summed E-state index contributed by atoms with van der Waals surface area (Å²) in [6.07, 6.45) is 0.164. The smallest absolute Gasteiger partial charge is 0.0730 e. The van der Waals surface area contributed by atoms with Gasteiger partial charge in [-0.1, -0.05) is 31.2 Å². The van der Waals surface area contributed by atoms with Crippen molar-refractivity contribution in [1.29, 1.82) is 0 Å². The second-order valence-corrected chi connectivity index (χ2v) is 5.54. The van der Waals surface area contributed by atoms with Crippen molar-refractivity contribution in [3.8, 4) is 0 Å². The number of hydrogen-bond acceptors (Lipinski definition) is 2. The van der Waals surface area contributed by atoms with Crippen molar-refractivity contribution in [1.82, 2.24) is 4.57 Å². The molecule has 0 spiro atoms. The van der Waals surface area contributed by atoms with E-state index in [-0.39, 0.29) is 6.04 Å². The molecule has 0 unspecified atom stereocenters. The maximum absolute atomic E-state index is 9.99.